The van der Waals surface area contributed by atoms with Crippen LogP contribution in [0, 0.1) is 0 Å². The van der Waals surface area contributed by atoms with E-state index in [1.165, 1.54) is 0 Å². The van der Waals surface area contributed by atoms with Gasteiger partial charge in [0.2, 0.25) is 0 Å². The Kier molecular flexibility index (Phi) is 3.81. The molecule has 0 aliphatic heterocycles. The number of pyridine rings is 1. The zero-order chi connectivity index (χ0) is 11.4. The Morgan fingerprint density at radius 1 is 1.12 bits per heavy atom. The first-order chi connectivity index (χ1) is 7.77. The van der Waals surface area contributed by atoms with Gasteiger partial charge in [-0.25, -0.2) is 0 Å². The van der Waals surface area contributed by atoms with Gasteiger partial charge in [-0.3, -0.25) is 4.98 Å². The van der Waals surface area contributed by atoms with Gasteiger partial charge in [0.05, 0.1) is 10.4 Å². The van der Waals surface area contributed by atoms with Crippen molar-refractivity contribution in [2.45, 2.75) is 11.8 Å². The molecule has 3 heteroatoms. The average molecular weight is 252 g/mol. The fourth-order valence-electron chi connectivity index (χ4n) is 1.54. The average Bonchev–Trinajstić information content (AvgIpc) is 2.33. The number of aromatic nitrogens is 1. The number of hydrogen-bond donors (Lipinski definition) is 0. The molecule has 1 aromatic carbocycles. The van der Waals surface area contributed by atoms with Crippen molar-refractivity contribution in [1.82, 2.24) is 4.98 Å². The van der Waals surface area contributed by atoms with Crippen LogP contribution in [-0.2, 0) is 6.42 Å². The van der Waals surface area contributed by atoms with Crippen LogP contribution >= 0.6 is 23.2 Å². The summed E-state index contributed by atoms with van der Waals surface area (Å²) in [5.41, 5.74) is 2.14. The summed E-state index contributed by atoms with van der Waals surface area (Å²) >= 11 is 12.4. The fraction of sp³-hybridized carbons (Fsp3) is 0.154. The molecular formula is C13H11Cl2N. The first kappa shape index (κ1) is 11.4. The smallest absolute Gasteiger partial charge is 0.0626 e. The van der Waals surface area contributed by atoms with Gasteiger partial charge in [0.25, 0.3) is 0 Å². The van der Waals surface area contributed by atoms with Crippen LogP contribution in [0.15, 0.2) is 48.8 Å². The number of benzene rings is 1. The molecule has 1 nitrogen and oxygen atoms in total. The van der Waals surface area contributed by atoms with Crippen molar-refractivity contribution in [2.75, 3.05) is 0 Å². The van der Waals surface area contributed by atoms with Gasteiger partial charge >= 0.3 is 0 Å². The molecule has 1 atom stereocenters. The standard InChI is InChI=1S/C13H11Cl2N/c14-12(10-4-2-1-3-5-10)8-11-6-7-16-9-13(11)15/h1-7,9,12H,8H2. The van der Waals surface area contributed by atoms with Gasteiger partial charge in [-0.1, -0.05) is 41.9 Å². The zero-order valence-corrected chi connectivity index (χ0v) is 10.1. The van der Waals surface area contributed by atoms with Crippen LogP contribution in [0.4, 0.5) is 0 Å². The molecule has 2 rings (SSSR count). The Labute approximate surface area is 105 Å². The van der Waals surface area contributed by atoms with Crippen molar-refractivity contribution in [3.8, 4) is 0 Å². The lowest BCUT2D eigenvalue weighted by atomic mass is 10.1. The molecule has 0 saturated heterocycles. The van der Waals surface area contributed by atoms with E-state index in [4.69, 9.17) is 23.2 Å². The third kappa shape index (κ3) is 2.75. The summed E-state index contributed by atoms with van der Waals surface area (Å²) < 4.78 is 0. The third-order valence-electron chi connectivity index (χ3n) is 2.42. The predicted molar refractivity (Wildman–Crippen MR) is 68.0 cm³/mol. The summed E-state index contributed by atoms with van der Waals surface area (Å²) in [4.78, 5) is 3.95. The molecule has 1 unspecified atom stereocenters. The zero-order valence-electron chi connectivity index (χ0n) is 8.61. The summed E-state index contributed by atoms with van der Waals surface area (Å²) in [5.74, 6) is 0. The van der Waals surface area contributed by atoms with E-state index in [2.05, 4.69) is 4.98 Å². The van der Waals surface area contributed by atoms with E-state index >= 15 is 0 Å². The molecule has 0 fully saturated rings. The second-order valence-electron chi connectivity index (χ2n) is 3.55. The molecule has 1 heterocycles. The molecular weight excluding hydrogens is 241 g/mol. The van der Waals surface area contributed by atoms with Gasteiger partial charge in [0.15, 0.2) is 0 Å². The van der Waals surface area contributed by atoms with Gasteiger partial charge in [-0.2, -0.15) is 0 Å². The number of hydrogen-bond acceptors (Lipinski definition) is 1. The Morgan fingerprint density at radius 2 is 1.88 bits per heavy atom. The highest BCUT2D eigenvalue weighted by Gasteiger charge is 2.10. The van der Waals surface area contributed by atoms with Gasteiger partial charge in [-0.05, 0) is 23.6 Å². The quantitative estimate of drug-likeness (QED) is 0.744. The van der Waals surface area contributed by atoms with Crippen LogP contribution < -0.4 is 0 Å². The molecule has 0 N–H and O–H groups in total. The lowest BCUT2D eigenvalue weighted by Gasteiger charge is -2.10. The second-order valence-corrected chi connectivity index (χ2v) is 4.48. The van der Waals surface area contributed by atoms with Crippen LogP contribution in [0.1, 0.15) is 16.5 Å². The molecule has 0 aliphatic carbocycles. The van der Waals surface area contributed by atoms with E-state index in [0.717, 1.165) is 11.1 Å². The van der Waals surface area contributed by atoms with E-state index in [1.807, 2.05) is 36.4 Å². The topological polar surface area (TPSA) is 12.9 Å². The molecule has 82 valence electrons. The summed E-state index contributed by atoms with van der Waals surface area (Å²) in [7, 11) is 0. The SMILES string of the molecule is Clc1cnccc1CC(Cl)c1ccccc1. The summed E-state index contributed by atoms with van der Waals surface area (Å²) in [6.45, 7) is 0. The molecule has 0 amide bonds. The van der Waals surface area contributed by atoms with Crippen molar-refractivity contribution in [2.24, 2.45) is 0 Å². The van der Waals surface area contributed by atoms with Crippen LogP contribution in [0.25, 0.3) is 0 Å². The Balaban J connectivity index is 2.14. The highest BCUT2D eigenvalue weighted by atomic mass is 35.5. The first-order valence-electron chi connectivity index (χ1n) is 5.05. The summed E-state index contributed by atoms with van der Waals surface area (Å²) in [6, 6.07) is 11.9. The minimum absolute atomic E-state index is 0.0545. The summed E-state index contributed by atoms with van der Waals surface area (Å²) in [5, 5.41) is 0.616. The molecule has 0 spiro atoms. The first-order valence-corrected chi connectivity index (χ1v) is 5.86. The van der Waals surface area contributed by atoms with Gasteiger partial charge in [-0.15, -0.1) is 11.6 Å². The van der Waals surface area contributed by atoms with Crippen molar-refractivity contribution in [3.63, 3.8) is 0 Å². The monoisotopic (exact) mass is 251 g/mol. The highest BCUT2D eigenvalue weighted by Crippen LogP contribution is 2.27. The maximum Gasteiger partial charge on any atom is 0.0626 e. The molecule has 0 aliphatic rings. The number of halogens is 2. The van der Waals surface area contributed by atoms with Gasteiger partial charge < -0.3 is 0 Å². The minimum atomic E-state index is -0.0545. The van der Waals surface area contributed by atoms with Crippen LogP contribution in [0.5, 0.6) is 0 Å². The van der Waals surface area contributed by atoms with E-state index in [9.17, 15) is 0 Å². The maximum absolute atomic E-state index is 6.33. The van der Waals surface area contributed by atoms with Crippen LogP contribution in [0.3, 0.4) is 0 Å². The molecule has 0 saturated carbocycles. The molecule has 16 heavy (non-hydrogen) atoms. The van der Waals surface area contributed by atoms with Gasteiger partial charge in [0, 0.05) is 12.4 Å². The van der Waals surface area contributed by atoms with Crippen LogP contribution in [-0.4, -0.2) is 4.98 Å². The molecule has 2 aromatic rings. The second kappa shape index (κ2) is 5.33. The summed E-state index contributed by atoms with van der Waals surface area (Å²) in [6.07, 6.45) is 4.09. The van der Waals surface area contributed by atoms with Crippen molar-refractivity contribution < 1.29 is 0 Å². The van der Waals surface area contributed by atoms with E-state index in [-0.39, 0.29) is 5.38 Å². The minimum Gasteiger partial charge on any atom is -0.263 e. The number of nitrogens with zero attached hydrogens (tertiary/aromatic N) is 1. The largest absolute Gasteiger partial charge is 0.263 e. The molecule has 1 aromatic heterocycles. The maximum atomic E-state index is 6.33. The Bertz CT molecular complexity index is 456. The van der Waals surface area contributed by atoms with Crippen molar-refractivity contribution in [1.29, 1.82) is 0 Å². The Morgan fingerprint density at radius 3 is 2.56 bits per heavy atom. The predicted octanol–water partition coefficient (Wildman–Crippen LogP) is 4.26. The van der Waals surface area contributed by atoms with Crippen molar-refractivity contribution >= 4 is 23.2 Å². The lowest BCUT2D eigenvalue weighted by Crippen LogP contribution is -1.96. The van der Waals surface area contributed by atoms with Crippen molar-refractivity contribution in [3.05, 3.63) is 64.9 Å². The highest BCUT2D eigenvalue weighted by molar-refractivity contribution is 6.31. The molecule has 0 bridgehead atoms. The van der Waals surface area contributed by atoms with E-state index in [0.29, 0.717) is 11.4 Å². The fourth-order valence-corrected chi connectivity index (χ4v) is 2.05. The Hall–Kier alpha value is -1.05. The van der Waals surface area contributed by atoms with E-state index < -0.39 is 0 Å². The third-order valence-corrected chi connectivity index (χ3v) is 3.16. The van der Waals surface area contributed by atoms with Gasteiger partial charge in [0.1, 0.15) is 0 Å². The van der Waals surface area contributed by atoms with E-state index in [1.54, 1.807) is 12.4 Å². The normalized spacial score (nSPS) is 12.4. The number of alkyl halides is 1. The lowest BCUT2D eigenvalue weighted by molar-refractivity contribution is 0.916. The number of rotatable bonds is 3. The van der Waals surface area contributed by atoms with Crippen LogP contribution in [0.2, 0.25) is 5.02 Å². The molecule has 0 radical (unpaired) electrons.